The van der Waals surface area contributed by atoms with Crippen LogP contribution in [0.1, 0.15) is 83.3 Å². The smallest absolute Gasteiger partial charge is 0.326 e. The van der Waals surface area contributed by atoms with Crippen LogP contribution in [0.5, 0.6) is 0 Å². The Bertz CT molecular complexity index is 2820. The number of carbonyl (C=O) groups excluding carboxylic acids is 6. The van der Waals surface area contributed by atoms with Crippen LogP contribution in [0.4, 0.5) is 11.6 Å². The number of aryl methyl sites for hydroxylation is 1. The van der Waals surface area contributed by atoms with Gasteiger partial charge >= 0.3 is 29.8 Å². The molecule has 0 aliphatic carbocycles. The zero-order chi connectivity index (χ0) is 54.6. The lowest BCUT2D eigenvalue weighted by atomic mass is 10.1. The number of carbonyl (C=O) groups is 11. The van der Waals surface area contributed by atoms with E-state index >= 15 is 0 Å². The standard InChI is InChI=1S/C45H52N12O17/c1-21-5-7-22(8-6-21)37(65)47-15-3-2-4-26(43(71)72)53-40(68)29(17-33(61)62)55-41(69)30(18-34(63)64)54-39(67)28(16-32(59)60)51-31(58)14-13-27(44(73)74)52-38(66)23-9-11-24(12-10-23)48-19-25-20-49-36-35(50-25)42(70)57-45(46)56-36/h5-12,20,26-30,48H,2-4,13-19H2,1H3,(H,47,65)(H,51,58)(H,52,66)(H,53,68)(H,54,67)(H,55,69)(H,59,60)(H,61,62)(H,63,64)(H,71,72)(H,73,74)(H3,46,49,56,57,70). The zero-order valence-corrected chi connectivity index (χ0v) is 39.2. The molecule has 2 aromatic carbocycles. The summed E-state index contributed by atoms with van der Waals surface area (Å²) in [7, 11) is 0. The first-order valence-corrected chi connectivity index (χ1v) is 22.3. The number of hydrogen-bond donors (Lipinski definition) is 14. The average molecular weight is 1030 g/mol. The van der Waals surface area contributed by atoms with Crippen LogP contribution in [0, 0.1) is 6.92 Å². The molecule has 0 aliphatic rings. The molecular formula is C45H52N12O17. The SMILES string of the molecule is Cc1ccc(C(=O)NCCCCC(NC(=O)C(CC(=O)O)NC(=O)C(CC(=O)O)NC(=O)C(CC(=O)O)NC(=O)CCC(NC(=O)c2ccc(NCc3cnc4nc(N)[nH]c(=O)c4n3)cc2)C(=O)O)C(=O)O)cc1. The number of rotatable bonds is 29. The summed E-state index contributed by atoms with van der Waals surface area (Å²) in [5, 5.41) is 64.0. The number of hydrogen-bond acceptors (Lipinski definition) is 17. The number of nitrogens with zero attached hydrogens (tertiary/aromatic N) is 3. The second-order valence-electron chi connectivity index (χ2n) is 16.4. The summed E-state index contributed by atoms with van der Waals surface area (Å²) in [5.74, 6) is -15.0. The normalized spacial score (nSPS) is 12.8. The van der Waals surface area contributed by atoms with Gasteiger partial charge in [-0.2, -0.15) is 4.98 Å². The van der Waals surface area contributed by atoms with E-state index in [2.05, 4.69) is 46.5 Å². The molecule has 74 heavy (non-hydrogen) atoms. The number of aromatic nitrogens is 4. The number of nitrogens with two attached hydrogens (primary N) is 1. The van der Waals surface area contributed by atoms with Gasteiger partial charge in [0.25, 0.3) is 17.4 Å². The number of unbranched alkanes of at least 4 members (excludes halogenated alkanes) is 1. The molecule has 0 saturated carbocycles. The Morgan fingerprint density at radius 1 is 0.608 bits per heavy atom. The Morgan fingerprint density at radius 2 is 1.11 bits per heavy atom. The van der Waals surface area contributed by atoms with Crippen molar-refractivity contribution in [2.24, 2.45) is 0 Å². The van der Waals surface area contributed by atoms with E-state index in [0.29, 0.717) is 16.9 Å². The number of nitrogen functional groups attached to an aromatic ring is 1. The first-order chi connectivity index (χ1) is 35.0. The quantitative estimate of drug-likeness (QED) is 0.0268. The largest absolute Gasteiger partial charge is 0.481 e. The average Bonchev–Trinajstić information content (AvgIpc) is 3.33. The van der Waals surface area contributed by atoms with Crippen LogP contribution in [0.25, 0.3) is 11.2 Å². The molecule has 394 valence electrons. The lowest BCUT2D eigenvalue weighted by molar-refractivity contribution is -0.145. The van der Waals surface area contributed by atoms with Gasteiger partial charge in [-0.05, 0) is 69.0 Å². The molecule has 5 atom stereocenters. The number of aromatic amines is 1. The lowest BCUT2D eigenvalue weighted by Gasteiger charge is -2.24. The van der Waals surface area contributed by atoms with Gasteiger partial charge in [0.1, 0.15) is 30.2 Å². The van der Waals surface area contributed by atoms with Crippen LogP contribution in [0.15, 0.2) is 59.5 Å². The van der Waals surface area contributed by atoms with Crippen molar-refractivity contribution in [3.05, 3.63) is 87.5 Å². The Labute approximate surface area is 417 Å². The predicted octanol–water partition coefficient (Wildman–Crippen LogP) is -1.77. The van der Waals surface area contributed by atoms with Gasteiger partial charge in [0.2, 0.25) is 29.6 Å². The molecule has 2 aromatic heterocycles. The fraction of sp³-hybridized carbons (Fsp3) is 0.356. The van der Waals surface area contributed by atoms with Crippen LogP contribution >= 0.6 is 0 Å². The van der Waals surface area contributed by atoms with Gasteiger partial charge in [0.15, 0.2) is 11.2 Å². The first-order valence-electron chi connectivity index (χ1n) is 22.3. The van der Waals surface area contributed by atoms with Crippen molar-refractivity contribution in [1.82, 2.24) is 51.8 Å². The number of anilines is 2. The molecule has 0 spiro atoms. The Kier molecular flexibility index (Phi) is 20.9. The summed E-state index contributed by atoms with van der Waals surface area (Å²) in [6, 6.07) is 2.82. The monoisotopic (exact) mass is 1030 g/mol. The predicted molar refractivity (Wildman–Crippen MR) is 254 cm³/mol. The van der Waals surface area contributed by atoms with E-state index in [1.807, 2.05) is 17.6 Å². The van der Waals surface area contributed by atoms with Crippen LogP contribution in [-0.2, 0) is 49.7 Å². The minimum absolute atomic E-state index is 0.00542. The third-order valence-corrected chi connectivity index (χ3v) is 10.6. The van der Waals surface area contributed by atoms with Crippen molar-refractivity contribution in [2.45, 2.75) is 95.0 Å². The van der Waals surface area contributed by atoms with Crippen molar-refractivity contribution >= 4 is 88.1 Å². The molecule has 0 bridgehead atoms. The summed E-state index contributed by atoms with van der Waals surface area (Å²) < 4.78 is 0. The van der Waals surface area contributed by atoms with Crippen molar-refractivity contribution in [3.63, 3.8) is 0 Å². The van der Waals surface area contributed by atoms with Crippen molar-refractivity contribution < 1.29 is 78.3 Å². The van der Waals surface area contributed by atoms with E-state index in [4.69, 9.17) is 5.73 Å². The van der Waals surface area contributed by atoms with Crippen LogP contribution in [0.3, 0.4) is 0 Å². The molecule has 29 heteroatoms. The summed E-state index contributed by atoms with van der Waals surface area (Å²) >= 11 is 0. The van der Waals surface area contributed by atoms with Gasteiger partial charge in [-0.3, -0.25) is 52.9 Å². The zero-order valence-electron chi connectivity index (χ0n) is 39.2. The number of aliphatic carboxylic acids is 5. The molecule has 0 fully saturated rings. The van der Waals surface area contributed by atoms with Gasteiger partial charge in [0.05, 0.1) is 37.7 Å². The number of nitrogens with one attached hydrogen (secondary N) is 8. The second kappa shape index (κ2) is 27.1. The fourth-order valence-electron chi connectivity index (χ4n) is 6.74. The molecular weight excluding hydrogens is 981 g/mol. The summed E-state index contributed by atoms with van der Waals surface area (Å²) in [6.45, 7) is 2.07. The minimum atomic E-state index is -2.15. The number of amides is 6. The molecule has 0 aliphatic heterocycles. The van der Waals surface area contributed by atoms with E-state index in [-0.39, 0.29) is 60.9 Å². The van der Waals surface area contributed by atoms with Gasteiger partial charge < -0.3 is 68.5 Å². The maximum absolute atomic E-state index is 13.4. The van der Waals surface area contributed by atoms with Crippen molar-refractivity contribution in [3.8, 4) is 0 Å². The Balaban J connectivity index is 1.32. The maximum atomic E-state index is 13.4. The third-order valence-electron chi connectivity index (χ3n) is 10.6. The van der Waals surface area contributed by atoms with Gasteiger partial charge in [0, 0.05) is 29.8 Å². The van der Waals surface area contributed by atoms with Crippen molar-refractivity contribution in [2.75, 3.05) is 17.6 Å². The number of carboxylic acid groups (broad SMARTS) is 5. The van der Waals surface area contributed by atoms with Gasteiger partial charge in [-0.25, -0.2) is 19.6 Å². The van der Waals surface area contributed by atoms with E-state index in [1.54, 1.807) is 24.3 Å². The number of fused-ring (bicyclic) bond motifs is 1. The van der Waals surface area contributed by atoms with E-state index in [0.717, 1.165) is 5.56 Å². The highest BCUT2D eigenvalue weighted by Gasteiger charge is 2.34. The molecule has 2 heterocycles. The molecule has 4 rings (SSSR count). The molecule has 4 aromatic rings. The summed E-state index contributed by atoms with van der Waals surface area (Å²) in [5.41, 5.74) is 7.10. The molecule has 5 unspecified atom stereocenters. The molecule has 15 N–H and O–H groups in total. The Hall–Kier alpha value is -9.57. The summed E-state index contributed by atoms with van der Waals surface area (Å²) in [4.78, 5) is 164. The van der Waals surface area contributed by atoms with E-state index < -0.39 is 127 Å². The second-order valence-corrected chi connectivity index (χ2v) is 16.4. The number of H-pyrrole nitrogens is 1. The highest BCUT2D eigenvalue weighted by Crippen LogP contribution is 2.13. The van der Waals surface area contributed by atoms with Gasteiger partial charge in [-0.1, -0.05) is 17.7 Å². The number of carboxylic acids is 5. The molecule has 0 radical (unpaired) electrons. The topological polar surface area (TPSA) is 471 Å². The lowest BCUT2D eigenvalue weighted by Crippen LogP contribution is -2.58. The highest BCUT2D eigenvalue weighted by atomic mass is 16.4. The van der Waals surface area contributed by atoms with Crippen LogP contribution in [0.2, 0.25) is 0 Å². The van der Waals surface area contributed by atoms with Gasteiger partial charge in [-0.15, -0.1) is 0 Å². The minimum Gasteiger partial charge on any atom is -0.481 e. The van der Waals surface area contributed by atoms with Crippen LogP contribution in [-0.4, -0.2) is 148 Å². The van der Waals surface area contributed by atoms with E-state index in [9.17, 15) is 83.1 Å². The third kappa shape index (κ3) is 18.3. The maximum Gasteiger partial charge on any atom is 0.326 e. The fourth-order valence-corrected chi connectivity index (χ4v) is 6.74. The summed E-state index contributed by atoms with van der Waals surface area (Å²) in [6.07, 6.45) is -3.32. The highest BCUT2D eigenvalue weighted by molar-refractivity contribution is 5.99. The first kappa shape index (κ1) is 57.0. The van der Waals surface area contributed by atoms with Crippen molar-refractivity contribution in [1.29, 1.82) is 0 Å². The van der Waals surface area contributed by atoms with E-state index in [1.165, 1.54) is 30.5 Å². The Morgan fingerprint density at radius 3 is 1.65 bits per heavy atom. The molecule has 6 amide bonds. The number of benzene rings is 2. The van der Waals surface area contributed by atoms with Crippen LogP contribution < -0.4 is 48.5 Å². The molecule has 29 nitrogen and oxygen atoms in total. The molecule has 0 saturated heterocycles.